The average Bonchev–Trinajstić information content (AvgIpc) is 2.74. The summed E-state index contributed by atoms with van der Waals surface area (Å²) in [7, 11) is 0. The van der Waals surface area contributed by atoms with Crippen LogP contribution >= 0.6 is 0 Å². The lowest BCUT2D eigenvalue weighted by Crippen LogP contribution is -2.25. The molecule has 1 N–H and O–H groups in total. The Morgan fingerprint density at radius 3 is 1.81 bits per heavy atom. The molecule has 3 rings (SSSR count). The molecule has 1 atom stereocenters. The van der Waals surface area contributed by atoms with Gasteiger partial charge in [0.1, 0.15) is 41.4 Å². The number of benzene rings is 3. The summed E-state index contributed by atoms with van der Waals surface area (Å²) in [5.41, 5.74) is -3.48. The van der Waals surface area contributed by atoms with Crippen LogP contribution in [0.15, 0.2) is 36.4 Å². The number of hydrogen-bond acceptors (Lipinski definition) is 3. The highest BCUT2D eigenvalue weighted by Crippen LogP contribution is 2.38. The van der Waals surface area contributed by atoms with Crippen LogP contribution < -0.4 is 4.74 Å². The molecule has 3 aromatic carbocycles. The van der Waals surface area contributed by atoms with Crippen LogP contribution in [-0.2, 0) is 17.3 Å². The van der Waals surface area contributed by atoms with E-state index in [1.807, 2.05) is 0 Å². The Kier molecular flexibility index (Phi) is 8.19. The number of halogens is 9. The lowest BCUT2D eigenvalue weighted by atomic mass is 9.96. The molecule has 0 aliphatic rings. The normalized spacial score (nSPS) is 12.6. The maximum absolute atomic E-state index is 14.7. The summed E-state index contributed by atoms with van der Waals surface area (Å²) < 4.78 is 136. The molecule has 0 aromatic heterocycles. The van der Waals surface area contributed by atoms with E-state index in [0.717, 1.165) is 12.1 Å². The maximum atomic E-state index is 14.7. The zero-order chi connectivity index (χ0) is 26.8. The van der Waals surface area contributed by atoms with E-state index in [4.69, 9.17) is 9.84 Å². The molecule has 12 heteroatoms. The van der Waals surface area contributed by atoms with Crippen molar-refractivity contribution in [2.75, 3.05) is 13.4 Å². The Morgan fingerprint density at radius 1 is 0.778 bits per heavy atom. The van der Waals surface area contributed by atoms with E-state index in [9.17, 15) is 39.5 Å². The van der Waals surface area contributed by atoms with Gasteiger partial charge in [-0.1, -0.05) is 6.92 Å². The fourth-order valence-electron chi connectivity index (χ4n) is 3.52. The van der Waals surface area contributed by atoms with Crippen LogP contribution in [0.2, 0.25) is 0 Å². The highest BCUT2D eigenvalue weighted by molar-refractivity contribution is 5.66. The average molecular weight is 524 g/mol. The van der Waals surface area contributed by atoms with Gasteiger partial charge in [-0.05, 0) is 47.7 Å². The second-order valence-corrected chi connectivity index (χ2v) is 7.88. The maximum Gasteiger partial charge on any atom is 0.432 e. The van der Waals surface area contributed by atoms with Gasteiger partial charge in [0.25, 0.3) is 0 Å². The van der Waals surface area contributed by atoms with Crippen molar-refractivity contribution < 1.29 is 54.1 Å². The topological polar surface area (TPSA) is 38.7 Å². The lowest BCUT2D eigenvalue weighted by molar-refractivity contribution is -0.189. The van der Waals surface area contributed by atoms with Gasteiger partial charge in [-0.15, -0.1) is 0 Å². The summed E-state index contributed by atoms with van der Waals surface area (Å²) in [6.45, 7) is 1.23. The summed E-state index contributed by atoms with van der Waals surface area (Å²) in [5, 5.41) is 8.65. The van der Waals surface area contributed by atoms with Crippen molar-refractivity contribution in [3.8, 4) is 16.9 Å². The highest BCUT2D eigenvalue weighted by atomic mass is 19.3. The van der Waals surface area contributed by atoms with Crippen molar-refractivity contribution in [3.05, 3.63) is 88.2 Å². The predicted molar refractivity (Wildman–Crippen MR) is 108 cm³/mol. The first-order valence-corrected chi connectivity index (χ1v) is 10.2. The SMILES string of the molecule is CC(COCO)Cc1cc(F)c(-c2cc(F)c(C(F)(F)Oc3cc(F)c(F)c(F)c3)c(F)c2)c(F)c1. The van der Waals surface area contributed by atoms with Gasteiger partial charge in [-0.2, -0.15) is 8.78 Å². The molecule has 3 aromatic rings. The molecule has 1 unspecified atom stereocenters. The third-order valence-electron chi connectivity index (χ3n) is 5.00. The van der Waals surface area contributed by atoms with Gasteiger partial charge in [0.15, 0.2) is 17.5 Å². The fraction of sp³-hybridized carbons (Fsp3) is 0.250. The van der Waals surface area contributed by atoms with Crippen LogP contribution in [0.25, 0.3) is 11.1 Å². The Morgan fingerprint density at radius 2 is 1.31 bits per heavy atom. The fourth-order valence-corrected chi connectivity index (χ4v) is 3.52. The van der Waals surface area contributed by atoms with E-state index in [1.165, 1.54) is 0 Å². The van der Waals surface area contributed by atoms with Crippen molar-refractivity contribution in [1.29, 1.82) is 0 Å². The molecule has 0 fully saturated rings. The van der Waals surface area contributed by atoms with Crippen LogP contribution in [0.1, 0.15) is 18.1 Å². The van der Waals surface area contributed by atoms with Crippen molar-refractivity contribution in [2.24, 2.45) is 5.92 Å². The van der Waals surface area contributed by atoms with Gasteiger partial charge in [-0.3, -0.25) is 0 Å². The summed E-state index contributed by atoms with van der Waals surface area (Å²) in [6, 6.07) is 2.35. The predicted octanol–water partition coefficient (Wildman–Crippen LogP) is 6.60. The van der Waals surface area contributed by atoms with Crippen LogP contribution in [0.3, 0.4) is 0 Å². The summed E-state index contributed by atoms with van der Waals surface area (Å²) in [5.74, 6) is -13.7. The minimum absolute atomic E-state index is 0.0413. The molecule has 0 radical (unpaired) electrons. The summed E-state index contributed by atoms with van der Waals surface area (Å²) >= 11 is 0. The molecule has 194 valence electrons. The molecule has 0 aliphatic carbocycles. The van der Waals surface area contributed by atoms with Crippen molar-refractivity contribution >= 4 is 0 Å². The smallest absolute Gasteiger partial charge is 0.429 e. The number of hydrogen-bond donors (Lipinski definition) is 1. The molecule has 0 saturated carbocycles. The molecule has 36 heavy (non-hydrogen) atoms. The van der Waals surface area contributed by atoms with E-state index < -0.39 is 76.1 Å². The number of aliphatic hydroxyl groups excluding tert-OH is 1. The lowest BCUT2D eigenvalue weighted by Gasteiger charge is -2.20. The Labute approximate surface area is 198 Å². The largest absolute Gasteiger partial charge is 0.432 e. The highest BCUT2D eigenvalue weighted by Gasteiger charge is 2.42. The van der Waals surface area contributed by atoms with Gasteiger partial charge >= 0.3 is 6.11 Å². The van der Waals surface area contributed by atoms with Crippen molar-refractivity contribution in [2.45, 2.75) is 19.5 Å². The van der Waals surface area contributed by atoms with Crippen LogP contribution in [0.4, 0.5) is 39.5 Å². The molecule has 0 saturated heterocycles. The monoisotopic (exact) mass is 524 g/mol. The van der Waals surface area contributed by atoms with Gasteiger partial charge in [0, 0.05) is 12.1 Å². The quantitative estimate of drug-likeness (QED) is 0.195. The Bertz CT molecular complexity index is 1190. The van der Waals surface area contributed by atoms with E-state index in [-0.39, 0.29) is 48.8 Å². The zero-order valence-corrected chi connectivity index (χ0v) is 18.3. The summed E-state index contributed by atoms with van der Waals surface area (Å²) in [4.78, 5) is 0. The third-order valence-corrected chi connectivity index (χ3v) is 5.00. The first-order valence-electron chi connectivity index (χ1n) is 10.2. The van der Waals surface area contributed by atoms with Gasteiger partial charge in [0.2, 0.25) is 0 Å². The number of rotatable bonds is 9. The van der Waals surface area contributed by atoms with E-state index in [2.05, 4.69) is 4.74 Å². The number of alkyl halides is 2. The number of aliphatic hydroxyl groups is 1. The molecule has 0 heterocycles. The van der Waals surface area contributed by atoms with Crippen molar-refractivity contribution in [3.63, 3.8) is 0 Å². The molecule has 3 nitrogen and oxygen atoms in total. The molecule has 0 aliphatic heterocycles. The van der Waals surface area contributed by atoms with E-state index in [1.54, 1.807) is 6.92 Å². The van der Waals surface area contributed by atoms with Gasteiger partial charge in [0.05, 0.1) is 12.2 Å². The van der Waals surface area contributed by atoms with E-state index >= 15 is 0 Å². The molecule has 0 spiro atoms. The second-order valence-electron chi connectivity index (χ2n) is 7.88. The van der Waals surface area contributed by atoms with Crippen molar-refractivity contribution in [1.82, 2.24) is 0 Å². The van der Waals surface area contributed by atoms with Crippen LogP contribution in [0.5, 0.6) is 5.75 Å². The zero-order valence-electron chi connectivity index (χ0n) is 18.3. The number of ether oxygens (including phenoxy) is 2. The minimum atomic E-state index is -4.85. The Balaban J connectivity index is 1.93. The van der Waals surface area contributed by atoms with Gasteiger partial charge < -0.3 is 14.6 Å². The summed E-state index contributed by atoms with van der Waals surface area (Å²) in [6.07, 6.45) is -4.72. The van der Waals surface area contributed by atoms with Gasteiger partial charge in [-0.25, -0.2) is 30.7 Å². The van der Waals surface area contributed by atoms with Crippen LogP contribution in [-0.4, -0.2) is 18.5 Å². The molecular weight excluding hydrogens is 507 g/mol. The first-order chi connectivity index (χ1) is 16.8. The molecule has 0 bridgehead atoms. The molecular formula is C24H17F9O3. The Hall–Kier alpha value is -3.25. The molecule has 0 amide bonds. The van der Waals surface area contributed by atoms with E-state index in [0.29, 0.717) is 0 Å². The minimum Gasteiger partial charge on any atom is -0.429 e. The third kappa shape index (κ3) is 5.93. The standard InChI is InChI=1S/C24H17F9O3/c1-11(9-35-10-34)2-12-3-15(25)21(16(26)4-12)13-5-17(27)22(18(28)6-13)24(32,33)36-14-7-19(29)23(31)20(30)8-14/h3-8,11,34H,2,9-10H2,1H3. The van der Waals surface area contributed by atoms with Crippen LogP contribution in [0, 0.1) is 46.6 Å². The second kappa shape index (κ2) is 10.8. The first kappa shape index (κ1) is 27.3.